The number of hydrogen-bond donors (Lipinski definition) is 2. The average molecular weight is 412 g/mol. The molecule has 1 aliphatic rings. The number of aromatic amines is 1. The highest BCUT2D eigenvalue weighted by molar-refractivity contribution is 6.48. The van der Waals surface area contributed by atoms with Crippen LogP contribution >= 0.6 is 0 Å². The van der Waals surface area contributed by atoms with Crippen LogP contribution < -0.4 is 10.2 Å². The summed E-state index contributed by atoms with van der Waals surface area (Å²) in [5.41, 5.74) is 2.76. The van der Waals surface area contributed by atoms with Crippen molar-refractivity contribution in [3.63, 3.8) is 0 Å². The molecule has 0 unspecified atom stereocenters. The lowest BCUT2D eigenvalue weighted by Gasteiger charge is -2.22. The van der Waals surface area contributed by atoms with Crippen LogP contribution in [0.3, 0.4) is 0 Å². The van der Waals surface area contributed by atoms with Crippen molar-refractivity contribution in [2.75, 3.05) is 16.8 Å². The summed E-state index contributed by atoms with van der Waals surface area (Å²) >= 11 is 0. The summed E-state index contributed by atoms with van der Waals surface area (Å²) in [6.45, 7) is 0.588. The van der Waals surface area contributed by atoms with Crippen molar-refractivity contribution >= 4 is 46.1 Å². The van der Waals surface area contributed by atoms with E-state index < -0.39 is 17.5 Å². The molecular formula is C24H17FN4O2. The van der Waals surface area contributed by atoms with Gasteiger partial charge in [0.25, 0.3) is 5.78 Å². The molecule has 0 fully saturated rings. The summed E-state index contributed by atoms with van der Waals surface area (Å²) in [5.74, 6) is -2.23. The minimum absolute atomic E-state index is 0.0552. The lowest BCUT2D eigenvalue weighted by molar-refractivity contribution is -0.114. The summed E-state index contributed by atoms with van der Waals surface area (Å²) in [5, 5.41) is 3.09. The van der Waals surface area contributed by atoms with Crippen LogP contribution in [-0.4, -0.2) is 28.2 Å². The normalized spacial score (nSPS) is 12.3. The number of nitrogens with zero attached hydrogens (tertiary/aromatic N) is 2. The SMILES string of the molecule is O=C(C(=O)N(c1nc2ccccc2[nH]1)c1cc2c(cc1F)NCC=C2)c1ccccc1. The fourth-order valence-electron chi connectivity index (χ4n) is 3.57. The van der Waals surface area contributed by atoms with E-state index in [1.807, 2.05) is 24.3 Å². The van der Waals surface area contributed by atoms with Gasteiger partial charge in [0.1, 0.15) is 5.82 Å². The first-order valence-electron chi connectivity index (χ1n) is 9.74. The Morgan fingerprint density at radius 1 is 1.00 bits per heavy atom. The Kier molecular flexibility index (Phi) is 4.55. The van der Waals surface area contributed by atoms with Crippen molar-refractivity contribution in [2.45, 2.75) is 0 Å². The number of fused-ring (bicyclic) bond motifs is 2. The van der Waals surface area contributed by atoms with Crippen LogP contribution in [0, 0.1) is 5.82 Å². The van der Waals surface area contributed by atoms with E-state index >= 15 is 4.39 Å². The Hall–Kier alpha value is -4.26. The van der Waals surface area contributed by atoms with Gasteiger partial charge >= 0.3 is 5.91 Å². The molecule has 152 valence electrons. The maximum absolute atomic E-state index is 15.2. The number of ketones is 1. The maximum Gasteiger partial charge on any atom is 0.306 e. The van der Waals surface area contributed by atoms with Crippen LogP contribution in [0.5, 0.6) is 0 Å². The molecule has 0 aliphatic carbocycles. The van der Waals surface area contributed by atoms with Crippen LogP contribution in [0.1, 0.15) is 15.9 Å². The fraction of sp³-hybridized carbons (Fsp3) is 0.0417. The van der Waals surface area contributed by atoms with Crippen LogP contribution in [-0.2, 0) is 4.79 Å². The molecule has 0 atom stereocenters. The number of hydrogen-bond acceptors (Lipinski definition) is 4. The van der Waals surface area contributed by atoms with Gasteiger partial charge in [0.05, 0.1) is 16.7 Å². The van der Waals surface area contributed by atoms with E-state index in [4.69, 9.17) is 0 Å². The molecule has 0 saturated carbocycles. The van der Waals surface area contributed by atoms with Gasteiger partial charge in [-0.15, -0.1) is 0 Å². The number of imidazole rings is 1. The summed E-state index contributed by atoms with van der Waals surface area (Å²) in [7, 11) is 0. The van der Waals surface area contributed by atoms with Gasteiger partial charge in [-0.05, 0) is 29.8 Å². The molecule has 0 saturated heterocycles. The third-order valence-electron chi connectivity index (χ3n) is 5.09. The maximum atomic E-state index is 15.2. The van der Waals surface area contributed by atoms with Gasteiger partial charge in [-0.3, -0.25) is 9.59 Å². The number of amides is 1. The Balaban J connectivity index is 1.67. The van der Waals surface area contributed by atoms with Gasteiger partial charge in [-0.25, -0.2) is 14.3 Å². The number of anilines is 3. The van der Waals surface area contributed by atoms with Crippen molar-refractivity contribution in [3.8, 4) is 0 Å². The largest absolute Gasteiger partial charge is 0.381 e. The first-order chi connectivity index (χ1) is 15.1. The van der Waals surface area contributed by atoms with Crippen LogP contribution in [0.2, 0.25) is 0 Å². The lowest BCUT2D eigenvalue weighted by atomic mass is 10.1. The van der Waals surface area contributed by atoms with Crippen molar-refractivity contribution in [1.29, 1.82) is 0 Å². The third-order valence-corrected chi connectivity index (χ3v) is 5.09. The van der Waals surface area contributed by atoms with Gasteiger partial charge < -0.3 is 10.3 Å². The first-order valence-corrected chi connectivity index (χ1v) is 9.74. The Morgan fingerprint density at radius 3 is 2.58 bits per heavy atom. The van der Waals surface area contributed by atoms with Gasteiger partial charge in [-0.1, -0.05) is 54.6 Å². The summed E-state index contributed by atoms with van der Waals surface area (Å²) in [4.78, 5) is 34.8. The number of benzene rings is 3. The number of carbonyl (C=O) groups is 2. The van der Waals surface area contributed by atoms with Gasteiger partial charge in [0.15, 0.2) is 0 Å². The number of nitrogens with one attached hydrogen (secondary N) is 2. The molecule has 5 rings (SSSR count). The standard InChI is InChI=1S/C24H17FN4O2/c25-17-14-20-16(9-6-12-26-20)13-21(17)29(23(31)22(30)15-7-2-1-3-8-15)24-27-18-10-4-5-11-19(18)28-24/h1-11,13-14,26H,12H2,(H,27,28). The molecule has 6 nitrogen and oxygen atoms in total. The van der Waals surface area contributed by atoms with E-state index in [9.17, 15) is 9.59 Å². The van der Waals surface area contributed by atoms with E-state index in [1.54, 1.807) is 42.5 Å². The fourth-order valence-corrected chi connectivity index (χ4v) is 3.57. The summed E-state index contributed by atoms with van der Waals surface area (Å²) in [6, 6.07) is 18.2. The number of H-pyrrole nitrogens is 1. The number of carbonyl (C=O) groups excluding carboxylic acids is 2. The lowest BCUT2D eigenvalue weighted by Crippen LogP contribution is -2.34. The minimum Gasteiger partial charge on any atom is -0.381 e. The molecular weight excluding hydrogens is 395 g/mol. The minimum atomic E-state index is -0.906. The second-order valence-electron chi connectivity index (χ2n) is 7.09. The van der Waals surface area contributed by atoms with Crippen molar-refractivity contribution in [3.05, 3.63) is 89.8 Å². The highest BCUT2D eigenvalue weighted by Gasteiger charge is 2.31. The quantitative estimate of drug-likeness (QED) is 0.377. The molecule has 0 radical (unpaired) electrons. The average Bonchev–Trinajstić information content (AvgIpc) is 3.23. The second kappa shape index (κ2) is 7.53. The predicted octanol–water partition coefficient (Wildman–Crippen LogP) is 4.69. The molecule has 31 heavy (non-hydrogen) atoms. The zero-order chi connectivity index (χ0) is 21.4. The molecule has 1 aromatic heterocycles. The van der Waals surface area contributed by atoms with E-state index in [1.165, 1.54) is 12.1 Å². The van der Waals surface area contributed by atoms with Gasteiger partial charge in [-0.2, -0.15) is 0 Å². The molecule has 1 amide bonds. The number of rotatable bonds is 4. The Labute approximate surface area is 177 Å². The number of para-hydroxylation sites is 2. The topological polar surface area (TPSA) is 78.1 Å². The number of halogens is 1. The Morgan fingerprint density at radius 2 is 1.77 bits per heavy atom. The Bertz CT molecular complexity index is 1310. The number of aromatic nitrogens is 2. The molecule has 7 heteroatoms. The van der Waals surface area contributed by atoms with Crippen molar-refractivity contribution < 1.29 is 14.0 Å². The predicted molar refractivity (Wildman–Crippen MR) is 118 cm³/mol. The van der Waals surface area contributed by atoms with E-state index in [2.05, 4.69) is 15.3 Å². The molecule has 2 heterocycles. The van der Waals surface area contributed by atoms with E-state index in [-0.39, 0.29) is 17.2 Å². The van der Waals surface area contributed by atoms with E-state index in [0.29, 0.717) is 28.8 Å². The van der Waals surface area contributed by atoms with Gasteiger partial charge in [0, 0.05) is 17.8 Å². The second-order valence-corrected chi connectivity index (χ2v) is 7.09. The highest BCUT2D eigenvalue weighted by atomic mass is 19.1. The first kappa shape index (κ1) is 18.7. The van der Waals surface area contributed by atoms with Gasteiger partial charge in [0.2, 0.25) is 5.95 Å². The zero-order valence-corrected chi connectivity index (χ0v) is 16.3. The van der Waals surface area contributed by atoms with Crippen molar-refractivity contribution in [2.24, 2.45) is 0 Å². The molecule has 2 N–H and O–H groups in total. The van der Waals surface area contributed by atoms with Crippen LogP contribution in [0.15, 0.2) is 72.8 Å². The van der Waals surface area contributed by atoms with Crippen LogP contribution in [0.25, 0.3) is 17.1 Å². The summed E-state index contributed by atoms with van der Waals surface area (Å²) < 4.78 is 15.2. The zero-order valence-electron chi connectivity index (χ0n) is 16.3. The molecule has 0 spiro atoms. The van der Waals surface area contributed by atoms with Crippen LogP contribution in [0.4, 0.5) is 21.7 Å². The molecule has 4 aromatic rings. The monoisotopic (exact) mass is 412 g/mol. The highest BCUT2D eigenvalue weighted by Crippen LogP contribution is 2.34. The summed E-state index contributed by atoms with van der Waals surface area (Å²) in [6.07, 6.45) is 3.74. The third kappa shape index (κ3) is 3.36. The molecule has 3 aromatic carbocycles. The smallest absolute Gasteiger partial charge is 0.306 e. The molecule has 1 aliphatic heterocycles. The van der Waals surface area contributed by atoms with Crippen molar-refractivity contribution in [1.82, 2.24) is 9.97 Å². The number of Topliss-reactive ketones (excluding diaryl/α,β-unsaturated/α-hetero) is 1. The molecule has 0 bridgehead atoms. The van der Waals surface area contributed by atoms with E-state index in [0.717, 1.165) is 4.90 Å².